The van der Waals surface area contributed by atoms with Gasteiger partial charge in [0.1, 0.15) is 11.5 Å². The molecule has 1 aliphatic carbocycles. The maximum Gasteiger partial charge on any atom is 0.271 e. The van der Waals surface area contributed by atoms with Gasteiger partial charge in [-0.2, -0.15) is 5.10 Å². The van der Waals surface area contributed by atoms with E-state index in [-0.39, 0.29) is 11.8 Å². The van der Waals surface area contributed by atoms with E-state index in [0.29, 0.717) is 42.2 Å². The summed E-state index contributed by atoms with van der Waals surface area (Å²) in [4.78, 5) is 30.3. The SMILES string of the molecule is Cc1cc(C(=O)NCC2C3CN(C(=O)Cc4ccnc(N)c4)CC23)n[nH]1. The number of aromatic amines is 1. The number of hydrogen-bond donors (Lipinski definition) is 3. The molecule has 4 rings (SSSR count). The van der Waals surface area contributed by atoms with Crippen molar-refractivity contribution < 1.29 is 9.59 Å². The molecule has 0 radical (unpaired) electrons. The molecule has 0 spiro atoms. The predicted molar refractivity (Wildman–Crippen MR) is 95.1 cm³/mol. The Labute approximate surface area is 151 Å². The van der Waals surface area contributed by atoms with Crippen LogP contribution in [-0.4, -0.2) is 51.5 Å². The molecule has 2 aromatic rings. The highest BCUT2D eigenvalue weighted by Gasteiger charge is 2.56. The maximum atomic E-state index is 12.4. The summed E-state index contributed by atoms with van der Waals surface area (Å²) >= 11 is 0. The first-order valence-corrected chi connectivity index (χ1v) is 8.79. The highest BCUT2D eigenvalue weighted by atomic mass is 16.2. The van der Waals surface area contributed by atoms with E-state index >= 15 is 0 Å². The third kappa shape index (κ3) is 3.26. The van der Waals surface area contributed by atoms with Crippen LogP contribution in [0.3, 0.4) is 0 Å². The smallest absolute Gasteiger partial charge is 0.271 e. The molecular formula is C18H22N6O2. The molecule has 3 heterocycles. The monoisotopic (exact) mass is 354 g/mol. The molecule has 2 aliphatic rings. The largest absolute Gasteiger partial charge is 0.384 e. The number of carbonyl (C=O) groups excluding carboxylic acids is 2. The normalized spacial score (nSPS) is 23.6. The lowest BCUT2D eigenvalue weighted by atomic mass is 10.1. The minimum atomic E-state index is -0.150. The molecule has 0 aromatic carbocycles. The molecular weight excluding hydrogens is 332 g/mol. The molecule has 8 heteroatoms. The number of nitrogens with zero attached hydrogens (tertiary/aromatic N) is 3. The first-order valence-electron chi connectivity index (χ1n) is 8.79. The molecule has 2 unspecified atom stereocenters. The average molecular weight is 354 g/mol. The lowest BCUT2D eigenvalue weighted by Gasteiger charge is -2.20. The molecule has 1 saturated heterocycles. The first kappa shape index (κ1) is 16.6. The number of pyridine rings is 1. The van der Waals surface area contributed by atoms with E-state index in [0.717, 1.165) is 24.3 Å². The van der Waals surface area contributed by atoms with Crippen molar-refractivity contribution in [2.45, 2.75) is 13.3 Å². The van der Waals surface area contributed by atoms with Crippen molar-refractivity contribution in [2.24, 2.45) is 17.8 Å². The number of H-pyrrole nitrogens is 1. The van der Waals surface area contributed by atoms with Crippen LogP contribution < -0.4 is 11.1 Å². The van der Waals surface area contributed by atoms with Crippen molar-refractivity contribution in [3.8, 4) is 0 Å². The lowest BCUT2D eigenvalue weighted by Crippen LogP contribution is -2.35. The molecule has 2 atom stereocenters. The molecule has 136 valence electrons. The molecule has 2 amide bonds. The fourth-order valence-corrected chi connectivity index (χ4v) is 3.88. The van der Waals surface area contributed by atoms with Crippen molar-refractivity contribution in [3.05, 3.63) is 41.3 Å². The number of hydrogen-bond acceptors (Lipinski definition) is 5. The van der Waals surface area contributed by atoms with Gasteiger partial charge in [0.05, 0.1) is 6.42 Å². The highest BCUT2D eigenvalue weighted by Crippen LogP contribution is 2.51. The van der Waals surface area contributed by atoms with Gasteiger partial charge in [-0.25, -0.2) is 4.98 Å². The predicted octanol–water partition coefficient (Wildman–Crippen LogP) is 0.372. The number of anilines is 1. The zero-order valence-electron chi connectivity index (χ0n) is 14.6. The molecule has 2 fully saturated rings. The van der Waals surface area contributed by atoms with Crippen LogP contribution in [-0.2, 0) is 11.2 Å². The number of carbonyl (C=O) groups is 2. The Morgan fingerprint density at radius 3 is 2.77 bits per heavy atom. The van der Waals surface area contributed by atoms with Gasteiger partial charge in [-0.3, -0.25) is 14.7 Å². The van der Waals surface area contributed by atoms with E-state index in [2.05, 4.69) is 20.5 Å². The average Bonchev–Trinajstić information content (AvgIpc) is 2.96. The number of aromatic nitrogens is 3. The van der Waals surface area contributed by atoms with Crippen LogP contribution in [0.2, 0.25) is 0 Å². The quantitative estimate of drug-likeness (QED) is 0.717. The van der Waals surface area contributed by atoms with Gasteiger partial charge in [0.2, 0.25) is 5.91 Å². The molecule has 2 aromatic heterocycles. The van der Waals surface area contributed by atoms with E-state index in [4.69, 9.17) is 5.73 Å². The number of rotatable bonds is 5. The summed E-state index contributed by atoms with van der Waals surface area (Å²) < 4.78 is 0. The Morgan fingerprint density at radius 2 is 2.12 bits per heavy atom. The highest BCUT2D eigenvalue weighted by molar-refractivity contribution is 5.92. The summed E-state index contributed by atoms with van der Waals surface area (Å²) in [6.45, 7) is 4.04. The number of nitrogens with one attached hydrogen (secondary N) is 2. The maximum absolute atomic E-state index is 12.4. The van der Waals surface area contributed by atoms with Gasteiger partial charge in [-0.05, 0) is 48.4 Å². The second kappa shape index (κ2) is 6.44. The fraction of sp³-hybridized carbons (Fsp3) is 0.444. The summed E-state index contributed by atoms with van der Waals surface area (Å²) in [6, 6.07) is 5.29. The fourth-order valence-electron chi connectivity index (χ4n) is 3.88. The van der Waals surface area contributed by atoms with Gasteiger partial charge in [-0.1, -0.05) is 0 Å². The summed E-state index contributed by atoms with van der Waals surface area (Å²) in [5, 5.41) is 9.68. The van der Waals surface area contributed by atoms with Crippen LogP contribution >= 0.6 is 0 Å². The van der Waals surface area contributed by atoms with Gasteiger partial charge in [0, 0.05) is 31.5 Å². The standard InChI is InChI=1S/C18H22N6O2/c1-10-4-15(23-22-10)18(26)21-7-12-13-8-24(9-14(12)13)17(25)6-11-2-3-20-16(19)5-11/h2-5,12-14H,6-9H2,1H3,(H2,19,20)(H,21,26)(H,22,23). The number of nitrogens with two attached hydrogens (primary N) is 1. The van der Waals surface area contributed by atoms with E-state index in [1.165, 1.54) is 0 Å². The number of fused-ring (bicyclic) bond motifs is 1. The van der Waals surface area contributed by atoms with Crippen LogP contribution in [0.1, 0.15) is 21.7 Å². The number of aryl methyl sites for hydroxylation is 1. The first-order chi connectivity index (χ1) is 12.5. The minimum absolute atomic E-state index is 0.123. The van der Waals surface area contributed by atoms with Gasteiger partial charge in [0.15, 0.2) is 0 Å². The van der Waals surface area contributed by atoms with Gasteiger partial charge in [0.25, 0.3) is 5.91 Å². The van der Waals surface area contributed by atoms with Crippen LogP contribution in [0.4, 0.5) is 5.82 Å². The van der Waals surface area contributed by atoms with Crippen molar-refractivity contribution in [1.82, 2.24) is 25.4 Å². The molecule has 8 nitrogen and oxygen atoms in total. The number of nitrogen functional groups attached to an aromatic ring is 1. The minimum Gasteiger partial charge on any atom is -0.384 e. The van der Waals surface area contributed by atoms with Crippen molar-refractivity contribution in [3.63, 3.8) is 0 Å². The molecule has 26 heavy (non-hydrogen) atoms. The van der Waals surface area contributed by atoms with Crippen molar-refractivity contribution in [2.75, 3.05) is 25.4 Å². The third-order valence-corrected chi connectivity index (χ3v) is 5.36. The summed E-state index contributed by atoms with van der Waals surface area (Å²) in [7, 11) is 0. The Morgan fingerprint density at radius 1 is 1.35 bits per heavy atom. The zero-order valence-corrected chi connectivity index (χ0v) is 14.6. The van der Waals surface area contributed by atoms with E-state index in [1.54, 1.807) is 18.3 Å². The van der Waals surface area contributed by atoms with Crippen LogP contribution in [0.5, 0.6) is 0 Å². The topological polar surface area (TPSA) is 117 Å². The van der Waals surface area contributed by atoms with Crippen LogP contribution in [0.25, 0.3) is 0 Å². The molecule has 1 aliphatic heterocycles. The second-order valence-corrected chi connectivity index (χ2v) is 7.20. The molecule has 1 saturated carbocycles. The molecule has 4 N–H and O–H groups in total. The number of likely N-dealkylation sites (tertiary alicyclic amines) is 1. The van der Waals surface area contributed by atoms with Crippen LogP contribution in [0.15, 0.2) is 24.4 Å². The Balaban J connectivity index is 1.23. The number of piperidine rings is 1. The summed E-state index contributed by atoms with van der Waals surface area (Å²) in [6.07, 6.45) is 1.98. The van der Waals surface area contributed by atoms with Gasteiger partial charge < -0.3 is 16.0 Å². The number of amides is 2. The van der Waals surface area contributed by atoms with Gasteiger partial charge >= 0.3 is 0 Å². The van der Waals surface area contributed by atoms with E-state index < -0.39 is 0 Å². The Bertz CT molecular complexity index is 836. The van der Waals surface area contributed by atoms with E-state index in [9.17, 15) is 9.59 Å². The van der Waals surface area contributed by atoms with Crippen LogP contribution in [0, 0.1) is 24.7 Å². The van der Waals surface area contributed by atoms with E-state index in [1.807, 2.05) is 17.9 Å². The Hall–Kier alpha value is -2.90. The zero-order chi connectivity index (χ0) is 18.3. The Kier molecular flexibility index (Phi) is 4.10. The summed E-state index contributed by atoms with van der Waals surface area (Å²) in [5.74, 6) is 1.84. The second-order valence-electron chi connectivity index (χ2n) is 7.20. The lowest BCUT2D eigenvalue weighted by molar-refractivity contribution is -0.130. The van der Waals surface area contributed by atoms with Crippen molar-refractivity contribution >= 4 is 17.6 Å². The third-order valence-electron chi connectivity index (χ3n) is 5.36. The summed E-state index contributed by atoms with van der Waals surface area (Å²) in [5.41, 5.74) is 7.83. The van der Waals surface area contributed by atoms with Gasteiger partial charge in [-0.15, -0.1) is 0 Å². The van der Waals surface area contributed by atoms with Crippen molar-refractivity contribution in [1.29, 1.82) is 0 Å². The molecule has 0 bridgehead atoms.